The van der Waals surface area contributed by atoms with Crippen LogP contribution in [0.2, 0.25) is 0 Å². The highest BCUT2D eigenvalue weighted by Crippen LogP contribution is 2.26. The molecule has 0 aromatic carbocycles. The van der Waals surface area contributed by atoms with E-state index in [0.29, 0.717) is 11.7 Å². The molecule has 2 unspecified atom stereocenters. The maximum absolute atomic E-state index is 12.2. The molecule has 2 atom stereocenters. The van der Waals surface area contributed by atoms with Gasteiger partial charge in [0.1, 0.15) is 5.69 Å². The highest BCUT2D eigenvalue weighted by atomic mass is 16.1. The fourth-order valence-corrected chi connectivity index (χ4v) is 2.89. The van der Waals surface area contributed by atoms with Crippen molar-refractivity contribution < 1.29 is 4.79 Å². The van der Waals surface area contributed by atoms with Crippen molar-refractivity contribution in [2.24, 2.45) is 0 Å². The predicted octanol–water partition coefficient (Wildman–Crippen LogP) is 3.38. The Morgan fingerprint density at radius 3 is 3.00 bits per heavy atom. The first-order valence-electron chi connectivity index (χ1n) is 8.19. The highest BCUT2D eigenvalue weighted by molar-refractivity contribution is 5.93. The van der Waals surface area contributed by atoms with Gasteiger partial charge in [0.2, 0.25) is 0 Å². The Labute approximate surface area is 127 Å². The summed E-state index contributed by atoms with van der Waals surface area (Å²) < 4.78 is 0. The van der Waals surface area contributed by atoms with Gasteiger partial charge in [0, 0.05) is 30.5 Å². The Balaban J connectivity index is 2.14. The third-order valence-corrected chi connectivity index (χ3v) is 4.40. The summed E-state index contributed by atoms with van der Waals surface area (Å²) in [5.41, 5.74) is 1.65. The Morgan fingerprint density at radius 1 is 1.48 bits per heavy atom. The number of piperidine rings is 1. The van der Waals surface area contributed by atoms with Crippen molar-refractivity contribution >= 4 is 11.6 Å². The molecule has 1 amide bonds. The number of amides is 1. The Kier molecular flexibility index (Phi) is 5.59. The molecular formula is C17H27N3O. The second-order valence-electron chi connectivity index (χ2n) is 5.93. The van der Waals surface area contributed by atoms with Gasteiger partial charge in [0.05, 0.1) is 0 Å². The minimum absolute atomic E-state index is 0.0729. The molecule has 1 fully saturated rings. The third-order valence-electron chi connectivity index (χ3n) is 4.40. The maximum atomic E-state index is 12.2. The SMILES string of the molecule is CCC(C)NC(=O)c1cc(N2CCCCC2CC)ccn1. The van der Waals surface area contributed by atoms with Crippen molar-refractivity contribution in [1.82, 2.24) is 10.3 Å². The van der Waals surface area contributed by atoms with E-state index in [2.05, 4.69) is 29.0 Å². The standard InChI is InChI=1S/C17H27N3O/c1-4-13(3)19-17(21)16-12-15(9-10-18-16)20-11-7-6-8-14(20)5-2/h9-10,12-14H,4-8,11H2,1-3H3,(H,19,21). The molecule has 1 aromatic rings. The van der Waals surface area contributed by atoms with E-state index in [0.717, 1.165) is 25.1 Å². The molecule has 4 nitrogen and oxygen atoms in total. The summed E-state index contributed by atoms with van der Waals surface area (Å²) in [7, 11) is 0. The number of rotatable bonds is 5. The van der Waals surface area contributed by atoms with Crippen molar-refractivity contribution in [2.75, 3.05) is 11.4 Å². The van der Waals surface area contributed by atoms with Gasteiger partial charge in [-0.05, 0) is 51.2 Å². The number of hydrogen-bond acceptors (Lipinski definition) is 3. The number of anilines is 1. The van der Waals surface area contributed by atoms with Crippen molar-refractivity contribution in [3.63, 3.8) is 0 Å². The number of nitrogens with zero attached hydrogens (tertiary/aromatic N) is 2. The quantitative estimate of drug-likeness (QED) is 0.904. The predicted molar refractivity (Wildman–Crippen MR) is 86.7 cm³/mol. The normalized spacial score (nSPS) is 20.1. The molecule has 21 heavy (non-hydrogen) atoms. The molecule has 0 aliphatic carbocycles. The van der Waals surface area contributed by atoms with Crippen molar-refractivity contribution in [2.45, 2.75) is 65.0 Å². The lowest BCUT2D eigenvalue weighted by atomic mass is 9.99. The van der Waals surface area contributed by atoms with Gasteiger partial charge < -0.3 is 10.2 Å². The summed E-state index contributed by atoms with van der Waals surface area (Å²) in [6.07, 6.45) is 7.61. The third kappa shape index (κ3) is 3.96. The molecule has 2 heterocycles. The van der Waals surface area contributed by atoms with Crippen LogP contribution in [-0.2, 0) is 0 Å². The smallest absolute Gasteiger partial charge is 0.270 e. The largest absolute Gasteiger partial charge is 0.368 e. The molecule has 4 heteroatoms. The molecule has 1 aliphatic rings. The molecule has 1 aromatic heterocycles. The number of carbonyl (C=O) groups is 1. The fraction of sp³-hybridized carbons (Fsp3) is 0.647. The van der Waals surface area contributed by atoms with Crippen LogP contribution in [0.5, 0.6) is 0 Å². The first-order chi connectivity index (χ1) is 10.2. The number of hydrogen-bond donors (Lipinski definition) is 1. The van der Waals surface area contributed by atoms with E-state index in [1.165, 1.54) is 19.3 Å². The summed E-state index contributed by atoms with van der Waals surface area (Å²) in [6.45, 7) is 7.39. The topological polar surface area (TPSA) is 45.2 Å². The number of pyridine rings is 1. The van der Waals surface area contributed by atoms with Gasteiger partial charge in [-0.1, -0.05) is 13.8 Å². The minimum atomic E-state index is -0.0729. The molecule has 1 N–H and O–H groups in total. The van der Waals surface area contributed by atoms with E-state index >= 15 is 0 Å². The van der Waals surface area contributed by atoms with Crippen LogP contribution in [0.1, 0.15) is 63.4 Å². The lowest BCUT2D eigenvalue weighted by molar-refractivity contribution is 0.0934. The molecule has 1 aliphatic heterocycles. The summed E-state index contributed by atoms with van der Waals surface area (Å²) in [6, 6.07) is 4.73. The van der Waals surface area contributed by atoms with Crippen LogP contribution in [0.3, 0.4) is 0 Å². The Bertz CT molecular complexity index is 475. The Hall–Kier alpha value is -1.58. The van der Waals surface area contributed by atoms with E-state index in [1.54, 1.807) is 6.20 Å². The first-order valence-corrected chi connectivity index (χ1v) is 8.19. The van der Waals surface area contributed by atoms with Crippen molar-refractivity contribution in [1.29, 1.82) is 0 Å². The van der Waals surface area contributed by atoms with Crippen LogP contribution >= 0.6 is 0 Å². The second-order valence-corrected chi connectivity index (χ2v) is 5.93. The van der Waals surface area contributed by atoms with Crippen molar-refractivity contribution in [3.8, 4) is 0 Å². The fourth-order valence-electron chi connectivity index (χ4n) is 2.89. The number of carbonyl (C=O) groups excluding carboxylic acids is 1. The summed E-state index contributed by atoms with van der Waals surface area (Å²) in [4.78, 5) is 18.9. The van der Waals surface area contributed by atoms with Gasteiger partial charge >= 0.3 is 0 Å². The van der Waals surface area contributed by atoms with Crippen LogP contribution in [0.25, 0.3) is 0 Å². The molecular weight excluding hydrogens is 262 g/mol. The van der Waals surface area contributed by atoms with Gasteiger partial charge in [-0.25, -0.2) is 0 Å². The van der Waals surface area contributed by atoms with Crippen molar-refractivity contribution in [3.05, 3.63) is 24.0 Å². The van der Waals surface area contributed by atoms with Gasteiger partial charge in [0.25, 0.3) is 5.91 Å². The molecule has 1 saturated heterocycles. The molecule has 0 spiro atoms. The highest BCUT2D eigenvalue weighted by Gasteiger charge is 2.22. The molecule has 0 saturated carbocycles. The molecule has 0 bridgehead atoms. The van der Waals surface area contributed by atoms with Gasteiger partial charge in [0.15, 0.2) is 0 Å². The van der Waals surface area contributed by atoms with Crippen LogP contribution in [0.4, 0.5) is 5.69 Å². The Morgan fingerprint density at radius 2 is 2.29 bits per heavy atom. The lowest BCUT2D eigenvalue weighted by Gasteiger charge is -2.37. The van der Waals surface area contributed by atoms with E-state index < -0.39 is 0 Å². The van der Waals surface area contributed by atoms with E-state index in [-0.39, 0.29) is 11.9 Å². The first kappa shape index (κ1) is 15.8. The maximum Gasteiger partial charge on any atom is 0.270 e. The average molecular weight is 289 g/mol. The van der Waals surface area contributed by atoms with Gasteiger partial charge in [-0.15, -0.1) is 0 Å². The van der Waals surface area contributed by atoms with Gasteiger partial charge in [-0.3, -0.25) is 9.78 Å². The molecule has 2 rings (SSSR count). The average Bonchev–Trinajstić information content (AvgIpc) is 2.54. The zero-order chi connectivity index (χ0) is 15.2. The van der Waals surface area contributed by atoms with Gasteiger partial charge in [-0.2, -0.15) is 0 Å². The van der Waals surface area contributed by atoms with Crippen LogP contribution in [-0.4, -0.2) is 29.5 Å². The zero-order valence-corrected chi connectivity index (χ0v) is 13.4. The van der Waals surface area contributed by atoms with Crippen LogP contribution in [0, 0.1) is 0 Å². The number of nitrogens with one attached hydrogen (secondary N) is 1. The zero-order valence-electron chi connectivity index (χ0n) is 13.4. The number of aromatic nitrogens is 1. The van der Waals surface area contributed by atoms with E-state index in [9.17, 15) is 4.79 Å². The van der Waals surface area contributed by atoms with E-state index in [4.69, 9.17) is 0 Å². The molecule has 116 valence electrons. The molecule has 0 radical (unpaired) electrons. The summed E-state index contributed by atoms with van der Waals surface area (Å²) >= 11 is 0. The monoisotopic (exact) mass is 289 g/mol. The lowest BCUT2D eigenvalue weighted by Crippen LogP contribution is -2.39. The minimum Gasteiger partial charge on any atom is -0.368 e. The second kappa shape index (κ2) is 7.43. The van der Waals surface area contributed by atoms with Crippen LogP contribution < -0.4 is 10.2 Å². The summed E-state index contributed by atoms with van der Waals surface area (Å²) in [5, 5.41) is 2.98. The summed E-state index contributed by atoms with van der Waals surface area (Å²) in [5.74, 6) is -0.0729. The van der Waals surface area contributed by atoms with E-state index in [1.807, 2.05) is 19.1 Å². The van der Waals surface area contributed by atoms with Crippen LogP contribution in [0.15, 0.2) is 18.3 Å².